The van der Waals surface area contributed by atoms with Crippen LogP contribution < -0.4 is 11.3 Å². The molecule has 2 rings (SSSR count). The molecule has 1 aromatic rings. The molecule has 0 radical (unpaired) electrons. The van der Waals surface area contributed by atoms with Crippen LogP contribution in [-0.4, -0.2) is 26.3 Å². The molecular formula is C9H13N5O2S. The molecule has 8 heteroatoms. The largest absolute Gasteiger partial charge is 0.313 e. The fraction of sp³-hybridized carbons (Fsp3) is 0.556. The van der Waals surface area contributed by atoms with Crippen LogP contribution in [0, 0.1) is 5.92 Å². The van der Waals surface area contributed by atoms with E-state index in [1.165, 1.54) is 4.90 Å². The standard InChI is InChI=1S/C9H13N5O2S/c1-5-2-7(15)14(8(16)3-5)4-6-9(11-10)17-13-12-6/h5,11H,2-4,10H2,1H3. The van der Waals surface area contributed by atoms with Gasteiger partial charge in [-0.15, -0.1) is 5.10 Å². The average Bonchev–Trinajstić information content (AvgIpc) is 2.70. The number of nitrogens with two attached hydrogens (primary N) is 1. The molecular weight excluding hydrogens is 242 g/mol. The molecule has 0 spiro atoms. The molecule has 1 aromatic heterocycles. The van der Waals surface area contributed by atoms with Crippen LogP contribution in [0.3, 0.4) is 0 Å². The number of carbonyl (C=O) groups excluding carboxylic acids is 2. The minimum atomic E-state index is -0.162. The number of nitrogens with zero attached hydrogens (tertiary/aromatic N) is 3. The smallest absolute Gasteiger partial charge is 0.229 e. The summed E-state index contributed by atoms with van der Waals surface area (Å²) in [5, 5.41) is 4.42. The number of nitrogens with one attached hydrogen (secondary N) is 1. The minimum absolute atomic E-state index is 0.118. The Bertz CT molecular complexity index is 428. The molecule has 1 aliphatic heterocycles. The fourth-order valence-electron chi connectivity index (χ4n) is 1.78. The molecule has 0 unspecified atom stereocenters. The van der Waals surface area contributed by atoms with Crippen LogP contribution in [0.25, 0.3) is 0 Å². The Morgan fingerprint density at radius 1 is 1.47 bits per heavy atom. The summed E-state index contributed by atoms with van der Waals surface area (Å²) in [6, 6.07) is 0. The van der Waals surface area contributed by atoms with Gasteiger partial charge in [0.05, 0.1) is 6.54 Å². The van der Waals surface area contributed by atoms with Gasteiger partial charge in [-0.2, -0.15) is 0 Å². The highest BCUT2D eigenvalue weighted by molar-refractivity contribution is 7.10. The van der Waals surface area contributed by atoms with Gasteiger partial charge in [0.15, 0.2) is 0 Å². The molecule has 1 aliphatic rings. The molecule has 92 valence electrons. The van der Waals surface area contributed by atoms with Crippen molar-refractivity contribution < 1.29 is 9.59 Å². The quantitative estimate of drug-likeness (QED) is 0.451. The van der Waals surface area contributed by atoms with Gasteiger partial charge < -0.3 is 5.43 Å². The number of amides is 2. The van der Waals surface area contributed by atoms with E-state index in [-0.39, 0.29) is 24.3 Å². The number of carbonyl (C=O) groups is 2. The summed E-state index contributed by atoms with van der Waals surface area (Å²) >= 11 is 1.09. The summed E-state index contributed by atoms with van der Waals surface area (Å²) < 4.78 is 3.72. The molecule has 0 saturated carbocycles. The monoisotopic (exact) mass is 255 g/mol. The SMILES string of the molecule is CC1CC(=O)N(Cc2nnsc2NN)C(=O)C1. The van der Waals surface area contributed by atoms with E-state index in [2.05, 4.69) is 15.0 Å². The third-order valence-corrected chi connectivity index (χ3v) is 3.34. The summed E-state index contributed by atoms with van der Waals surface area (Å²) in [7, 11) is 0. The van der Waals surface area contributed by atoms with Crippen molar-refractivity contribution in [3.8, 4) is 0 Å². The first-order valence-corrected chi connectivity index (χ1v) is 6.00. The third kappa shape index (κ3) is 2.42. The van der Waals surface area contributed by atoms with Crippen molar-refractivity contribution in [3.63, 3.8) is 0 Å². The van der Waals surface area contributed by atoms with Crippen LogP contribution in [-0.2, 0) is 16.1 Å². The van der Waals surface area contributed by atoms with E-state index in [1.54, 1.807) is 0 Å². The first-order chi connectivity index (χ1) is 8.11. The summed E-state index contributed by atoms with van der Waals surface area (Å²) in [5.41, 5.74) is 2.97. The maximum atomic E-state index is 11.7. The topological polar surface area (TPSA) is 101 Å². The summed E-state index contributed by atoms with van der Waals surface area (Å²) in [6.45, 7) is 2.03. The first-order valence-electron chi connectivity index (χ1n) is 5.23. The van der Waals surface area contributed by atoms with Gasteiger partial charge in [-0.25, -0.2) is 5.84 Å². The van der Waals surface area contributed by atoms with Gasteiger partial charge in [-0.1, -0.05) is 11.4 Å². The Morgan fingerprint density at radius 2 is 2.12 bits per heavy atom. The van der Waals surface area contributed by atoms with Crippen LogP contribution in [0.15, 0.2) is 0 Å². The highest BCUT2D eigenvalue weighted by Gasteiger charge is 2.31. The molecule has 0 bridgehead atoms. The van der Waals surface area contributed by atoms with Crippen LogP contribution in [0.4, 0.5) is 5.00 Å². The number of rotatable bonds is 3. The number of hydrogen-bond donors (Lipinski definition) is 2. The maximum Gasteiger partial charge on any atom is 0.229 e. The lowest BCUT2D eigenvalue weighted by Gasteiger charge is -2.27. The van der Waals surface area contributed by atoms with E-state index in [0.29, 0.717) is 23.5 Å². The number of likely N-dealkylation sites (tertiary alicyclic amines) is 1. The second-order valence-corrected chi connectivity index (χ2v) is 4.83. The molecule has 0 aliphatic carbocycles. The molecule has 7 nitrogen and oxygen atoms in total. The predicted octanol–water partition coefficient (Wildman–Crippen LogP) is 0.109. The van der Waals surface area contributed by atoms with Gasteiger partial charge >= 0.3 is 0 Å². The number of hydrogen-bond acceptors (Lipinski definition) is 7. The first kappa shape index (κ1) is 11.9. The fourth-order valence-corrected chi connectivity index (χ4v) is 2.26. The van der Waals surface area contributed by atoms with Gasteiger partial charge in [0.1, 0.15) is 10.7 Å². The Morgan fingerprint density at radius 3 is 2.71 bits per heavy atom. The van der Waals surface area contributed by atoms with Crippen molar-refractivity contribution in [3.05, 3.63) is 5.69 Å². The molecule has 2 amide bonds. The lowest BCUT2D eigenvalue weighted by Crippen LogP contribution is -2.42. The van der Waals surface area contributed by atoms with E-state index >= 15 is 0 Å². The zero-order valence-corrected chi connectivity index (χ0v) is 10.2. The van der Waals surface area contributed by atoms with Gasteiger partial charge in [0, 0.05) is 24.4 Å². The number of anilines is 1. The van der Waals surface area contributed by atoms with Crippen LogP contribution in [0.1, 0.15) is 25.5 Å². The van der Waals surface area contributed by atoms with E-state index in [4.69, 9.17) is 5.84 Å². The highest BCUT2D eigenvalue weighted by Crippen LogP contribution is 2.23. The molecule has 2 heterocycles. The molecule has 17 heavy (non-hydrogen) atoms. The van der Waals surface area contributed by atoms with E-state index in [9.17, 15) is 9.59 Å². The van der Waals surface area contributed by atoms with Gasteiger partial charge in [0.2, 0.25) is 11.8 Å². The van der Waals surface area contributed by atoms with Crippen molar-refractivity contribution in [2.24, 2.45) is 11.8 Å². The molecule has 0 atom stereocenters. The third-order valence-electron chi connectivity index (χ3n) is 2.64. The summed E-state index contributed by atoms with van der Waals surface area (Å²) in [4.78, 5) is 24.7. The van der Waals surface area contributed by atoms with Crippen molar-refractivity contribution in [1.82, 2.24) is 14.5 Å². The zero-order valence-electron chi connectivity index (χ0n) is 9.34. The second-order valence-electron chi connectivity index (χ2n) is 4.08. The van der Waals surface area contributed by atoms with Crippen LogP contribution in [0.2, 0.25) is 0 Å². The van der Waals surface area contributed by atoms with E-state index in [1.807, 2.05) is 6.92 Å². The molecule has 1 fully saturated rings. The Kier molecular flexibility index (Phi) is 3.34. The van der Waals surface area contributed by atoms with E-state index < -0.39 is 0 Å². The van der Waals surface area contributed by atoms with Crippen molar-refractivity contribution in [2.45, 2.75) is 26.3 Å². The zero-order chi connectivity index (χ0) is 12.4. The number of nitrogen functional groups attached to an aromatic ring is 1. The van der Waals surface area contributed by atoms with Gasteiger partial charge in [0.25, 0.3) is 0 Å². The molecule has 0 aromatic carbocycles. The van der Waals surface area contributed by atoms with Crippen LogP contribution >= 0.6 is 11.5 Å². The lowest BCUT2D eigenvalue weighted by atomic mass is 9.98. The predicted molar refractivity (Wildman–Crippen MR) is 61.7 cm³/mol. The van der Waals surface area contributed by atoms with E-state index in [0.717, 1.165) is 11.5 Å². The molecule has 3 N–H and O–H groups in total. The number of aromatic nitrogens is 2. The van der Waals surface area contributed by atoms with Crippen molar-refractivity contribution >= 4 is 28.3 Å². The van der Waals surface area contributed by atoms with Crippen molar-refractivity contribution in [2.75, 3.05) is 5.43 Å². The minimum Gasteiger partial charge on any atom is -0.313 e. The summed E-state index contributed by atoms with van der Waals surface area (Å²) in [6.07, 6.45) is 0.795. The van der Waals surface area contributed by atoms with Gasteiger partial charge in [-0.3, -0.25) is 14.5 Å². The average molecular weight is 255 g/mol. The summed E-state index contributed by atoms with van der Waals surface area (Å²) in [5.74, 6) is 5.08. The Balaban J connectivity index is 2.13. The normalized spacial score (nSPS) is 17.6. The second kappa shape index (κ2) is 4.76. The van der Waals surface area contributed by atoms with Gasteiger partial charge in [-0.05, 0) is 5.92 Å². The molecule has 1 saturated heterocycles. The maximum absolute atomic E-state index is 11.7. The highest BCUT2D eigenvalue weighted by atomic mass is 32.1. The number of imide groups is 1. The number of piperidine rings is 1. The van der Waals surface area contributed by atoms with Crippen LogP contribution in [0.5, 0.6) is 0 Å². The Labute approximate surface area is 102 Å². The number of hydrazine groups is 1. The van der Waals surface area contributed by atoms with Crippen molar-refractivity contribution in [1.29, 1.82) is 0 Å². The lowest BCUT2D eigenvalue weighted by molar-refractivity contribution is -0.150. The Hall–Kier alpha value is -1.54.